The number of hydrogen-bond acceptors (Lipinski definition) is 5. The van der Waals surface area contributed by atoms with Crippen molar-refractivity contribution in [2.24, 2.45) is 11.8 Å². The third-order valence-corrected chi connectivity index (χ3v) is 8.27. The molecule has 0 radical (unpaired) electrons. The van der Waals surface area contributed by atoms with E-state index in [0.717, 1.165) is 17.7 Å². The molecule has 3 aromatic rings. The van der Waals surface area contributed by atoms with Gasteiger partial charge in [-0.25, -0.2) is 13.6 Å². The van der Waals surface area contributed by atoms with Gasteiger partial charge in [-0.05, 0) is 66.3 Å². The lowest BCUT2D eigenvalue weighted by molar-refractivity contribution is -0.130. The number of halogens is 3. The number of nitrogens with one attached hydrogen (secondary N) is 2. The first-order chi connectivity index (χ1) is 20.6. The molecule has 8 nitrogen and oxygen atoms in total. The van der Waals surface area contributed by atoms with Crippen LogP contribution < -0.4 is 10.6 Å². The Hall–Kier alpha value is -4.31. The summed E-state index contributed by atoms with van der Waals surface area (Å²) in [4.78, 5) is 44.9. The van der Waals surface area contributed by atoms with Crippen LogP contribution in [0.4, 0.5) is 25.0 Å². The predicted molar refractivity (Wildman–Crippen MR) is 160 cm³/mol. The summed E-state index contributed by atoms with van der Waals surface area (Å²) in [6.45, 7) is 3.86. The van der Waals surface area contributed by atoms with Gasteiger partial charge in [0.2, 0.25) is 11.8 Å². The lowest BCUT2D eigenvalue weighted by Crippen LogP contribution is -2.41. The summed E-state index contributed by atoms with van der Waals surface area (Å²) in [5.74, 6) is -2.97. The zero-order chi connectivity index (χ0) is 30.8. The molecule has 0 saturated carbocycles. The first kappa shape index (κ1) is 30.2. The van der Waals surface area contributed by atoms with Gasteiger partial charge in [-0.3, -0.25) is 19.9 Å². The highest BCUT2D eigenvalue weighted by Gasteiger charge is 2.34. The Morgan fingerprint density at radius 2 is 1.88 bits per heavy atom. The number of amides is 3. The molecule has 1 aromatic heterocycles. The lowest BCUT2D eigenvalue weighted by Gasteiger charge is -2.37. The molecule has 0 spiro atoms. The number of nitrogens with zero attached hydrogens (tertiary/aromatic N) is 2. The van der Waals surface area contributed by atoms with Gasteiger partial charge in [-0.15, -0.1) is 0 Å². The average Bonchev–Trinajstić information content (AvgIpc) is 2.98. The van der Waals surface area contributed by atoms with Crippen LogP contribution in [-0.4, -0.2) is 41.4 Å². The van der Waals surface area contributed by atoms with Crippen LogP contribution in [0.1, 0.15) is 50.4 Å². The fourth-order valence-electron chi connectivity index (χ4n) is 5.64. The molecule has 3 heterocycles. The van der Waals surface area contributed by atoms with Crippen LogP contribution in [0.3, 0.4) is 0 Å². The first-order valence-corrected chi connectivity index (χ1v) is 14.4. The molecule has 43 heavy (non-hydrogen) atoms. The molecule has 11 heteroatoms. The van der Waals surface area contributed by atoms with E-state index >= 15 is 0 Å². The Balaban J connectivity index is 1.55. The van der Waals surface area contributed by atoms with Gasteiger partial charge in [0, 0.05) is 36.0 Å². The second kappa shape index (κ2) is 12.5. The molecule has 0 saturated heterocycles. The van der Waals surface area contributed by atoms with Crippen LogP contribution in [0.25, 0.3) is 16.7 Å². The molecular weight excluding hydrogens is 578 g/mol. The highest BCUT2D eigenvalue weighted by Crippen LogP contribution is 2.39. The Morgan fingerprint density at radius 1 is 1.09 bits per heavy atom. The summed E-state index contributed by atoms with van der Waals surface area (Å²) in [5, 5.41) is 5.40. The highest BCUT2D eigenvalue weighted by molar-refractivity contribution is 6.31. The van der Waals surface area contributed by atoms with Gasteiger partial charge >= 0.3 is 6.09 Å². The van der Waals surface area contributed by atoms with Crippen LogP contribution in [0.2, 0.25) is 5.02 Å². The van der Waals surface area contributed by atoms with Crippen molar-refractivity contribution in [3.8, 4) is 11.1 Å². The number of hydrogen-bond donors (Lipinski definition) is 2. The number of anilines is 2. The van der Waals surface area contributed by atoms with Crippen LogP contribution in [0.15, 0.2) is 54.7 Å². The molecule has 1 unspecified atom stereocenters. The number of fused-ring (bicyclic) bond motifs is 4. The smallest absolute Gasteiger partial charge is 0.411 e. The van der Waals surface area contributed by atoms with E-state index in [1.165, 1.54) is 13.2 Å². The molecule has 0 aliphatic carbocycles. The zero-order valence-corrected chi connectivity index (χ0v) is 24.7. The molecule has 2 aromatic carbocycles. The van der Waals surface area contributed by atoms with Gasteiger partial charge in [0.15, 0.2) is 5.82 Å². The van der Waals surface area contributed by atoms with Crippen LogP contribution in [0.5, 0.6) is 0 Å². The number of rotatable bonds is 3. The van der Waals surface area contributed by atoms with Crippen LogP contribution in [-0.2, 0) is 14.3 Å². The van der Waals surface area contributed by atoms with Crippen molar-refractivity contribution in [3.05, 3.63) is 82.7 Å². The molecule has 2 aliphatic heterocycles. The van der Waals surface area contributed by atoms with Gasteiger partial charge in [0.05, 0.1) is 35.1 Å². The van der Waals surface area contributed by atoms with E-state index in [0.29, 0.717) is 41.9 Å². The minimum Gasteiger partial charge on any atom is -0.453 e. The Morgan fingerprint density at radius 3 is 2.65 bits per heavy atom. The van der Waals surface area contributed by atoms with E-state index in [4.69, 9.17) is 16.3 Å². The monoisotopic (exact) mass is 608 g/mol. The van der Waals surface area contributed by atoms with E-state index in [-0.39, 0.29) is 40.4 Å². The highest BCUT2D eigenvalue weighted by atomic mass is 35.5. The number of ether oxygens (including phenoxy) is 1. The summed E-state index contributed by atoms with van der Waals surface area (Å²) in [6.07, 6.45) is 4.00. The minimum absolute atomic E-state index is 0.177. The summed E-state index contributed by atoms with van der Waals surface area (Å²) in [6, 6.07) is 10.6. The maximum atomic E-state index is 14.9. The minimum atomic E-state index is -0.891. The van der Waals surface area contributed by atoms with Crippen molar-refractivity contribution in [2.75, 3.05) is 24.3 Å². The fraction of sp³-hybridized carbons (Fsp3) is 0.312. The Kier molecular flexibility index (Phi) is 8.77. The second-order valence-electron chi connectivity index (χ2n) is 10.9. The normalized spacial score (nSPS) is 20.7. The van der Waals surface area contributed by atoms with E-state index in [1.807, 2.05) is 19.9 Å². The summed E-state index contributed by atoms with van der Waals surface area (Å²) in [7, 11) is 1.26. The fourth-order valence-corrected chi connectivity index (χ4v) is 5.80. The largest absolute Gasteiger partial charge is 0.453 e. The third-order valence-electron chi connectivity index (χ3n) is 7.98. The topological polar surface area (TPSA) is 101 Å². The molecule has 5 rings (SSSR count). The van der Waals surface area contributed by atoms with Gasteiger partial charge in [0.25, 0.3) is 0 Å². The van der Waals surface area contributed by atoms with Gasteiger partial charge < -0.3 is 15.0 Å². The molecule has 224 valence electrons. The van der Waals surface area contributed by atoms with E-state index in [1.54, 1.807) is 35.4 Å². The summed E-state index contributed by atoms with van der Waals surface area (Å²) < 4.78 is 34.3. The molecule has 0 fully saturated rings. The first-order valence-electron chi connectivity index (χ1n) is 14.0. The van der Waals surface area contributed by atoms with Gasteiger partial charge in [-0.2, -0.15) is 0 Å². The van der Waals surface area contributed by atoms with Gasteiger partial charge in [-0.1, -0.05) is 37.9 Å². The summed E-state index contributed by atoms with van der Waals surface area (Å²) in [5.41, 5.74) is 3.01. The Labute approximate surface area is 253 Å². The van der Waals surface area contributed by atoms with Crippen LogP contribution in [0, 0.1) is 23.5 Å². The summed E-state index contributed by atoms with van der Waals surface area (Å²) >= 11 is 5.93. The number of benzene rings is 2. The van der Waals surface area contributed by atoms with Crippen molar-refractivity contribution in [1.82, 2.24) is 9.88 Å². The SMILES string of the molecule is COC(=O)Nc1ccc2c(c1)NC(=O)[C@H](C)CCC[C@H](N1CC(C)C(c3c(F)ccc(Cl)c3F)=CC1=O)c1cc-2ccn1. The zero-order valence-electron chi connectivity index (χ0n) is 23.9. The maximum Gasteiger partial charge on any atom is 0.411 e. The molecule has 2 bridgehead atoms. The second-order valence-corrected chi connectivity index (χ2v) is 11.3. The number of carbonyl (C=O) groups excluding carboxylic acids is 3. The van der Waals surface area contributed by atoms with Crippen molar-refractivity contribution in [3.63, 3.8) is 0 Å². The van der Waals surface area contributed by atoms with Crippen molar-refractivity contribution in [1.29, 1.82) is 0 Å². The quantitative estimate of drug-likeness (QED) is 0.306. The van der Waals surface area contributed by atoms with Crippen molar-refractivity contribution >= 4 is 46.5 Å². The molecule has 3 atom stereocenters. The maximum absolute atomic E-state index is 14.9. The predicted octanol–water partition coefficient (Wildman–Crippen LogP) is 7.22. The number of aromatic nitrogens is 1. The number of methoxy groups -OCH3 is 1. The van der Waals surface area contributed by atoms with E-state index in [2.05, 4.69) is 15.6 Å². The van der Waals surface area contributed by atoms with E-state index < -0.39 is 29.7 Å². The van der Waals surface area contributed by atoms with Gasteiger partial charge in [0.1, 0.15) is 5.82 Å². The molecular formula is C32H31ClF2N4O4. The Bertz CT molecular complexity index is 1630. The molecule has 2 N–H and O–H groups in total. The lowest BCUT2D eigenvalue weighted by atomic mass is 9.87. The van der Waals surface area contributed by atoms with Crippen molar-refractivity contribution < 1.29 is 27.9 Å². The third kappa shape index (κ3) is 6.24. The number of pyridine rings is 1. The van der Waals surface area contributed by atoms with E-state index in [9.17, 15) is 23.2 Å². The average molecular weight is 609 g/mol. The standard InChI is InChI=1S/C32H31ClF2N4O4/c1-17-5-4-6-27(39-16-18(2)22(15-28(39)40)29-24(34)10-9-23(33)30(29)35)26-13-19(11-12-36-26)21-8-7-20(37-32(42)43-3)14-25(21)38-31(17)41/h7-15,17-18,27H,4-6,16H2,1-3H3,(H,37,42)(H,38,41)/t17-,18?,27+/m1/s1. The molecule has 3 amide bonds. The number of carbonyl (C=O) groups is 3. The van der Waals surface area contributed by atoms with Crippen molar-refractivity contribution in [2.45, 2.75) is 39.2 Å². The van der Waals surface area contributed by atoms with Crippen LogP contribution >= 0.6 is 11.6 Å². The molecule has 2 aliphatic rings.